The molecule has 9 heavy (non-hydrogen) atoms. The van der Waals surface area contributed by atoms with Crippen LogP contribution in [-0.4, -0.2) is 0 Å². The molecule has 0 heterocycles. The Morgan fingerprint density at radius 2 is 1.22 bits per heavy atom. The topological polar surface area (TPSA) is 0 Å². The molecule has 0 fully saturated rings. The minimum atomic E-state index is 0.186. The average Bonchev–Trinajstić information content (AvgIpc) is 1.63. The molecule has 0 nitrogen and oxygen atoms in total. The Morgan fingerprint density at radius 3 is 1.44 bits per heavy atom. The molecule has 0 saturated carbocycles. The zero-order chi connectivity index (χ0) is 7.28. The molecule has 0 radical (unpaired) electrons. The van der Waals surface area contributed by atoms with Crippen LogP contribution in [-0.2, 0) is 0 Å². The number of rotatable bonds is 2. The van der Waals surface area contributed by atoms with Gasteiger partial charge < -0.3 is 0 Å². The fraction of sp³-hybridized carbons (Fsp3) is 0. The molecule has 0 atom stereocenters. The Bertz CT molecular complexity index is 116. The maximum Gasteiger partial charge on any atom is 0.113 e. The minimum Gasteiger partial charge on any atom is -0.101 e. The largest absolute Gasteiger partial charge is 0.113 e. The number of halogens is 4. The molecular formula is C4H2Cl4S. The highest BCUT2D eigenvalue weighted by Crippen LogP contribution is 2.19. The third-order valence-corrected chi connectivity index (χ3v) is 2.01. The summed E-state index contributed by atoms with van der Waals surface area (Å²) in [5.74, 6) is 0. The molecule has 0 unspecified atom stereocenters. The molecule has 0 rings (SSSR count). The highest BCUT2D eigenvalue weighted by molar-refractivity contribution is 8.05. The molecule has 0 aliphatic carbocycles. The number of thioether (sulfide) groups is 1. The van der Waals surface area contributed by atoms with E-state index in [4.69, 9.17) is 46.4 Å². The van der Waals surface area contributed by atoms with Crippen molar-refractivity contribution in [2.75, 3.05) is 0 Å². The second-order valence-electron chi connectivity index (χ2n) is 0.951. The van der Waals surface area contributed by atoms with Gasteiger partial charge in [-0.15, -0.1) is 11.8 Å². The lowest BCUT2D eigenvalue weighted by Crippen LogP contribution is -1.48. The van der Waals surface area contributed by atoms with Crippen molar-refractivity contribution in [2.45, 2.75) is 0 Å². The lowest BCUT2D eigenvalue weighted by atomic mass is 11.2. The molecule has 0 spiro atoms. The molecule has 0 saturated heterocycles. The van der Waals surface area contributed by atoms with Crippen LogP contribution in [0.3, 0.4) is 0 Å². The zero-order valence-electron chi connectivity index (χ0n) is 4.07. The van der Waals surface area contributed by atoms with Crippen LogP contribution in [0.1, 0.15) is 0 Å². The van der Waals surface area contributed by atoms with E-state index in [2.05, 4.69) is 0 Å². The van der Waals surface area contributed by atoms with Crippen molar-refractivity contribution in [1.29, 1.82) is 0 Å². The van der Waals surface area contributed by atoms with Crippen molar-refractivity contribution in [1.82, 2.24) is 0 Å². The van der Waals surface area contributed by atoms with E-state index in [-0.39, 0.29) is 8.98 Å². The Kier molecular flexibility index (Phi) is 6.38. The predicted octanol–water partition coefficient (Wildman–Crippen LogP) is 4.27. The normalized spacial score (nSPS) is 8.44. The van der Waals surface area contributed by atoms with E-state index < -0.39 is 0 Å². The smallest absolute Gasteiger partial charge is 0.101 e. The van der Waals surface area contributed by atoms with Crippen LogP contribution in [0.5, 0.6) is 0 Å². The van der Waals surface area contributed by atoms with Gasteiger partial charge in [-0.05, 0) is 0 Å². The number of hydrogen-bond acceptors (Lipinski definition) is 1. The molecule has 0 aliphatic heterocycles. The Balaban J connectivity index is 3.53. The lowest BCUT2D eigenvalue weighted by Gasteiger charge is -1.81. The van der Waals surface area contributed by atoms with Crippen LogP contribution < -0.4 is 0 Å². The molecule has 0 aromatic rings. The molecule has 0 amide bonds. The third kappa shape index (κ3) is 8.99. The van der Waals surface area contributed by atoms with Crippen LogP contribution in [0.4, 0.5) is 0 Å². The first-order valence-electron chi connectivity index (χ1n) is 1.80. The summed E-state index contributed by atoms with van der Waals surface area (Å²) in [5, 5.41) is 3.02. The summed E-state index contributed by atoms with van der Waals surface area (Å²) >= 11 is 22.2. The van der Waals surface area contributed by atoms with E-state index >= 15 is 0 Å². The zero-order valence-corrected chi connectivity index (χ0v) is 7.92. The summed E-state index contributed by atoms with van der Waals surface area (Å²) in [6.07, 6.45) is 0. The van der Waals surface area contributed by atoms with Gasteiger partial charge in [0.25, 0.3) is 0 Å². The summed E-state index contributed by atoms with van der Waals surface area (Å²) in [5.41, 5.74) is 0. The van der Waals surface area contributed by atoms with E-state index in [9.17, 15) is 0 Å². The van der Waals surface area contributed by atoms with Crippen molar-refractivity contribution in [2.24, 2.45) is 0 Å². The van der Waals surface area contributed by atoms with Gasteiger partial charge in [0.2, 0.25) is 0 Å². The van der Waals surface area contributed by atoms with Gasteiger partial charge in [-0.1, -0.05) is 46.4 Å². The summed E-state index contributed by atoms with van der Waals surface area (Å²) in [6, 6.07) is 0. The first-order chi connectivity index (χ1) is 4.13. The Hall–Kier alpha value is 0.990. The maximum atomic E-state index is 5.25. The molecule has 0 bridgehead atoms. The summed E-state index contributed by atoms with van der Waals surface area (Å²) in [6.45, 7) is 0. The van der Waals surface area contributed by atoms with Crippen molar-refractivity contribution in [3.05, 3.63) is 19.8 Å². The maximum absolute atomic E-state index is 5.25. The van der Waals surface area contributed by atoms with E-state index in [0.717, 1.165) is 0 Å². The van der Waals surface area contributed by atoms with E-state index in [0.29, 0.717) is 0 Å². The van der Waals surface area contributed by atoms with Gasteiger partial charge in [0.15, 0.2) is 0 Å². The molecule has 52 valence electrons. The molecule has 0 aromatic carbocycles. The number of hydrogen-bond donors (Lipinski definition) is 0. The third-order valence-electron chi connectivity index (χ3n) is 0.314. The molecule has 0 aromatic heterocycles. The van der Waals surface area contributed by atoms with Crippen LogP contribution in [0, 0.1) is 0 Å². The molecule has 5 heteroatoms. The standard InChI is InChI=1S/C4H2Cl4S/c5-3(6)1-9-2-4(7)8/h1-2H. The average molecular weight is 224 g/mol. The molecule has 0 aliphatic rings. The Morgan fingerprint density at radius 1 is 0.889 bits per heavy atom. The van der Waals surface area contributed by atoms with Gasteiger partial charge in [-0.2, -0.15) is 0 Å². The fourth-order valence-electron chi connectivity index (χ4n) is 0.137. The first-order valence-corrected chi connectivity index (χ1v) is 4.26. The van der Waals surface area contributed by atoms with Gasteiger partial charge >= 0.3 is 0 Å². The first kappa shape index (κ1) is 9.99. The highest BCUT2D eigenvalue weighted by atomic mass is 35.5. The SMILES string of the molecule is ClC(Cl)=CSC=C(Cl)Cl. The quantitative estimate of drug-likeness (QED) is 0.674. The lowest BCUT2D eigenvalue weighted by molar-refractivity contribution is 2.33. The van der Waals surface area contributed by atoms with E-state index in [1.165, 1.54) is 22.6 Å². The van der Waals surface area contributed by atoms with E-state index in [1.807, 2.05) is 0 Å². The van der Waals surface area contributed by atoms with Crippen LogP contribution in [0.25, 0.3) is 0 Å². The summed E-state index contributed by atoms with van der Waals surface area (Å²) in [4.78, 5) is 0. The van der Waals surface area contributed by atoms with Crippen molar-refractivity contribution in [3.8, 4) is 0 Å². The van der Waals surface area contributed by atoms with Gasteiger partial charge in [0.05, 0.1) is 0 Å². The van der Waals surface area contributed by atoms with Crippen LogP contribution in [0.15, 0.2) is 19.8 Å². The minimum absolute atomic E-state index is 0.186. The van der Waals surface area contributed by atoms with Crippen molar-refractivity contribution in [3.63, 3.8) is 0 Å². The second kappa shape index (κ2) is 5.75. The fourth-order valence-corrected chi connectivity index (χ4v) is 1.03. The van der Waals surface area contributed by atoms with Gasteiger partial charge in [0.1, 0.15) is 8.98 Å². The summed E-state index contributed by atoms with van der Waals surface area (Å²) < 4.78 is 0.372. The van der Waals surface area contributed by atoms with E-state index in [1.54, 1.807) is 0 Å². The van der Waals surface area contributed by atoms with Crippen molar-refractivity contribution >= 4 is 58.2 Å². The monoisotopic (exact) mass is 222 g/mol. The van der Waals surface area contributed by atoms with Gasteiger partial charge in [0, 0.05) is 10.8 Å². The second-order valence-corrected chi connectivity index (χ2v) is 3.71. The Labute approximate surface area is 77.8 Å². The predicted molar refractivity (Wildman–Crippen MR) is 47.2 cm³/mol. The van der Waals surface area contributed by atoms with Gasteiger partial charge in [-0.25, -0.2) is 0 Å². The molecular weight excluding hydrogens is 222 g/mol. The van der Waals surface area contributed by atoms with Crippen LogP contribution >= 0.6 is 58.2 Å². The summed E-state index contributed by atoms with van der Waals surface area (Å²) in [7, 11) is 0. The van der Waals surface area contributed by atoms with Crippen LogP contribution in [0.2, 0.25) is 0 Å². The van der Waals surface area contributed by atoms with Crippen molar-refractivity contribution < 1.29 is 0 Å². The molecule has 0 N–H and O–H groups in total. The van der Waals surface area contributed by atoms with Gasteiger partial charge in [-0.3, -0.25) is 0 Å². The highest BCUT2D eigenvalue weighted by Gasteiger charge is 1.82.